The summed E-state index contributed by atoms with van der Waals surface area (Å²) in [5.74, 6) is -0.182. The van der Waals surface area contributed by atoms with Gasteiger partial charge in [0.1, 0.15) is 13.2 Å². The zero-order chi connectivity index (χ0) is 48.5. The minimum atomic E-state index is -4.35. The number of nitrogens with zero attached hydrogens (tertiary/aromatic N) is 1. The van der Waals surface area contributed by atoms with Crippen LogP contribution in [0.2, 0.25) is 0 Å². The van der Waals surface area contributed by atoms with Crippen molar-refractivity contribution in [3.05, 3.63) is 24.3 Å². The quantitative estimate of drug-likeness (QED) is 0.0243. The molecule has 0 radical (unpaired) electrons. The van der Waals surface area contributed by atoms with Crippen LogP contribution in [0.3, 0.4) is 0 Å². The maximum absolute atomic E-state index is 12.9. The Morgan fingerprint density at radius 2 is 0.833 bits per heavy atom. The SMILES string of the molecule is CCCCCCCC/C=C/CC/C=C/C(O)C(COP(=O)(O)OCC[N+](C)(C)C)NC(=O)CCCCCCCCCCCCCCCCCCCCCCCCCCCCCCCCCC. The molecule has 9 heteroatoms. The van der Waals surface area contributed by atoms with Crippen molar-refractivity contribution in [2.45, 2.75) is 296 Å². The van der Waals surface area contributed by atoms with Crippen molar-refractivity contribution in [3.8, 4) is 0 Å². The summed E-state index contributed by atoms with van der Waals surface area (Å²) in [4.78, 5) is 23.2. The average Bonchev–Trinajstić information content (AvgIpc) is 3.28. The first-order valence-electron chi connectivity index (χ1n) is 28.7. The van der Waals surface area contributed by atoms with Crippen molar-refractivity contribution in [3.63, 3.8) is 0 Å². The van der Waals surface area contributed by atoms with Gasteiger partial charge in [-0.05, 0) is 32.1 Å². The maximum atomic E-state index is 12.9. The first-order chi connectivity index (χ1) is 32.0. The monoisotopic (exact) mass is 954 g/mol. The number of likely N-dealkylation sites (N-methyl/N-ethyl adjacent to an activating group) is 1. The highest BCUT2D eigenvalue weighted by atomic mass is 31.2. The van der Waals surface area contributed by atoms with E-state index in [-0.39, 0.29) is 19.1 Å². The number of amides is 1. The number of nitrogens with one attached hydrogen (secondary N) is 1. The van der Waals surface area contributed by atoms with Crippen molar-refractivity contribution in [2.24, 2.45) is 0 Å². The fourth-order valence-corrected chi connectivity index (χ4v) is 9.38. The summed E-state index contributed by atoms with van der Waals surface area (Å²) in [7, 11) is 1.57. The van der Waals surface area contributed by atoms with Gasteiger partial charge in [0, 0.05) is 6.42 Å². The Labute approximate surface area is 411 Å². The van der Waals surface area contributed by atoms with Crippen LogP contribution < -0.4 is 5.32 Å². The number of allylic oxidation sites excluding steroid dienone is 3. The molecule has 0 aromatic carbocycles. The molecule has 0 aliphatic rings. The van der Waals surface area contributed by atoms with E-state index in [1.165, 1.54) is 225 Å². The van der Waals surface area contributed by atoms with E-state index in [0.717, 1.165) is 38.5 Å². The van der Waals surface area contributed by atoms with Crippen LogP contribution in [-0.4, -0.2) is 73.4 Å². The Bertz CT molecular complexity index is 1130. The lowest BCUT2D eigenvalue weighted by atomic mass is 10.0. The highest BCUT2D eigenvalue weighted by Gasteiger charge is 2.27. The maximum Gasteiger partial charge on any atom is 0.472 e. The molecule has 3 atom stereocenters. The number of quaternary nitrogens is 1. The van der Waals surface area contributed by atoms with Gasteiger partial charge in [-0.25, -0.2) is 4.57 Å². The second-order valence-corrected chi connectivity index (χ2v) is 22.5. The molecule has 0 aliphatic heterocycles. The number of rotatable bonds is 53. The summed E-state index contributed by atoms with van der Waals surface area (Å²) in [6.07, 6.45) is 61.6. The third-order valence-corrected chi connectivity index (χ3v) is 14.2. The van der Waals surface area contributed by atoms with Gasteiger partial charge in [0.2, 0.25) is 5.91 Å². The molecule has 392 valence electrons. The highest BCUT2D eigenvalue weighted by Crippen LogP contribution is 2.43. The lowest BCUT2D eigenvalue weighted by Crippen LogP contribution is -2.45. The van der Waals surface area contributed by atoms with Crippen molar-refractivity contribution < 1.29 is 32.9 Å². The summed E-state index contributed by atoms with van der Waals surface area (Å²) < 4.78 is 23.6. The lowest BCUT2D eigenvalue weighted by Gasteiger charge is -2.25. The number of unbranched alkanes of at least 4 members (excludes halogenated alkanes) is 38. The molecule has 3 N–H and O–H groups in total. The number of phosphoric acid groups is 1. The van der Waals surface area contributed by atoms with Crippen molar-refractivity contribution in [1.29, 1.82) is 0 Å². The molecule has 0 fully saturated rings. The number of aliphatic hydroxyl groups is 1. The topological polar surface area (TPSA) is 105 Å². The summed E-state index contributed by atoms with van der Waals surface area (Å²) in [5.41, 5.74) is 0. The molecule has 0 aromatic heterocycles. The molecule has 0 bridgehead atoms. The van der Waals surface area contributed by atoms with Crippen LogP contribution in [-0.2, 0) is 18.4 Å². The van der Waals surface area contributed by atoms with Gasteiger partial charge >= 0.3 is 7.82 Å². The zero-order valence-corrected chi connectivity index (χ0v) is 45.6. The summed E-state index contributed by atoms with van der Waals surface area (Å²) in [6, 6.07) is -0.859. The first-order valence-corrected chi connectivity index (χ1v) is 30.2. The first kappa shape index (κ1) is 65.0. The number of hydrogen-bond donors (Lipinski definition) is 3. The minimum absolute atomic E-state index is 0.0584. The van der Waals surface area contributed by atoms with E-state index >= 15 is 0 Å². The number of phosphoric ester groups is 1. The molecule has 0 spiro atoms. The Morgan fingerprint density at radius 3 is 1.21 bits per heavy atom. The van der Waals surface area contributed by atoms with E-state index < -0.39 is 20.0 Å². The third kappa shape index (κ3) is 50.8. The van der Waals surface area contributed by atoms with Gasteiger partial charge in [-0.2, -0.15) is 0 Å². The summed E-state index contributed by atoms with van der Waals surface area (Å²) in [5, 5.41) is 13.8. The standard InChI is InChI=1S/C57H113N2O6P/c1-6-8-10-12-14-16-18-20-21-22-23-24-25-26-27-28-29-30-31-32-33-34-35-36-37-38-39-41-43-45-47-49-51-57(61)58-55(54-65-66(62,63)64-53-52-59(3,4)5)56(60)50-48-46-44-42-40-19-17-15-13-11-9-7-2/h40,42,48,50,55-56,60H,6-39,41,43-47,49,51-54H2,1-5H3,(H-,58,61,62,63)/p+1/b42-40+,50-48+. The predicted molar refractivity (Wildman–Crippen MR) is 286 cm³/mol. The zero-order valence-electron chi connectivity index (χ0n) is 44.7. The fourth-order valence-electron chi connectivity index (χ4n) is 8.65. The van der Waals surface area contributed by atoms with E-state index in [4.69, 9.17) is 9.05 Å². The van der Waals surface area contributed by atoms with Crippen LogP contribution in [0.15, 0.2) is 24.3 Å². The van der Waals surface area contributed by atoms with Gasteiger partial charge in [0.05, 0.1) is 39.9 Å². The van der Waals surface area contributed by atoms with Crippen molar-refractivity contribution >= 4 is 13.7 Å². The Hall–Kier alpha value is -1.02. The lowest BCUT2D eigenvalue weighted by molar-refractivity contribution is -0.870. The number of aliphatic hydroxyl groups excluding tert-OH is 1. The van der Waals surface area contributed by atoms with E-state index in [1.54, 1.807) is 6.08 Å². The molecule has 0 rings (SSSR count). The number of carbonyl (C=O) groups excluding carboxylic acids is 1. The van der Waals surface area contributed by atoms with Gasteiger partial charge in [-0.3, -0.25) is 13.8 Å². The Morgan fingerprint density at radius 1 is 0.500 bits per heavy atom. The van der Waals surface area contributed by atoms with Crippen LogP contribution in [0.1, 0.15) is 284 Å². The van der Waals surface area contributed by atoms with Crippen molar-refractivity contribution in [2.75, 3.05) is 40.9 Å². The molecule has 1 amide bonds. The van der Waals surface area contributed by atoms with Gasteiger partial charge in [0.15, 0.2) is 0 Å². The van der Waals surface area contributed by atoms with Crippen LogP contribution in [0.4, 0.5) is 0 Å². The van der Waals surface area contributed by atoms with Gasteiger partial charge in [-0.1, -0.05) is 269 Å². The average molecular weight is 955 g/mol. The van der Waals surface area contributed by atoms with Crippen LogP contribution >= 0.6 is 7.82 Å². The summed E-state index contributed by atoms with van der Waals surface area (Å²) >= 11 is 0. The smallest absolute Gasteiger partial charge is 0.387 e. The van der Waals surface area contributed by atoms with Gasteiger partial charge in [-0.15, -0.1) is 0 Å². The van der Waals surface area contributed by atoms with E-state index in [9.17, 15) is 19.4 Å². The minimum Gasteiger partial charge on any atom is -0.387 e. The molecule has 3 unspecified atom stereocenters. The Kier molecular flexibility index (Phi) is 48.2. The second-order valence-electron chi connectivity index (χ2n) is 21.0. The van der Waals surface area contributed by atoms with Crippen LogP contribution in [0, 0.1) is 0 Å². The number of carbonyl (C=O) groups is 1. The molecular weight excluding hydrogens is 840 g/mol. The molecule has 0 saturated carbocycles. The van der Waals surface area contributed by atoms with Crippen molar-refractivity contribution in [1.82, 2.24) is 5.32 Å². The van der Waals surface area contributed by atoms with Crippen LogP contribution in [0.5, 0.6) is 0 Å². The third-order valence-electron chi connectivity index (χ3n) is 13.2. The molecule has 0 saturated heterocycles. The Balaban J connectivity index is 3.97. The normalized spacial score (nSPS) is 14.1. The van der Waals surface area contributed by atoms with Gasteiger partial charge < -0.3 is 19.8 Å². The molecule has 0 heterocycles. The predicted octanol–water partition coefficient (Wildman–Crippen LogP) is 17.2. The van der Waals surface area contributed by atoms with E-state index in [0.29, 0.717) is 17.4 Å². The van der Waals surface area contributed by atoms with E-state index in [2.05, 4.69) is 31.3 Å². The fraction of sp³-hybridized carbons (Fsp3) is 0.912. The number of hydrogen-bond acceptors (Lipinski definition) is 5. The summed E-state index contributed by atoms with van der Waals surface area (Å²) in [6.45, 7) is 4.81. The van der Waals surface area contributed by atoms with Crippen LogP contribution in [0.25, 0.3) is 0 Å². The molecule has 0 aromatic rings. The molecular formula is C57H114N2O6P+. The largest absolute Gasteiger partial charge is 0.472 e. The molecule has 8 nitrogen and oxygen atoms in total. The highest BCUT2D eigenvalue weighted by molar-refractivity contribution is 7.47. The molecule has 0 aliphatic carbocycles. The molecule has 66 heavy (non-hydrogen) atoms. The van der Waals surface area contributed by atoms with E-state index in [1.807, 2.05) is 27.2 Å². The van der Waals surface area contributed by atoms with Gasteiger partial charge in [0.25, 0.3) is 0 Å². The second kappa shape index (κ2) is 49.0.